The molecule has 0 bridgehead atoms. The number of carbonyl (C=O) groups is 1. The van der Waals surface area contributed by atoms with Crippen LogP contribution in [0.2, 0.25) is 0 Å². The number of rotatable bonds is 5. The number of nitrogens with zero attached hydrogens (tertiary/aromatic N) is 1. The van der Waals surface area contributed by atoms with Gasteiger partial charge in [-0.1, -0.05) is 6.92 Å². The lowest BCUT2D eigenvalue weighted by Gasteiger charge is -2.21. The van der Waals surface area contributed by atoms with Crippen LogP contribution in [0, 0.1) is 10.1 Å². The number of hydrogen-bond acceptors (Lipinski definition) is 4. The molecule has 0 saturated carbocycles. The van der Waals surface area contributed by atoms with Crippen molar-refractivity contribution in [2.45, 2.75) is 25.9 Å². The summed E-state index contributed by atoms with van der Waals surface area (Å²) in [6, 6.07) is 3.95. The van der Waals surface area contributed by atoms with Crippen LogP contribution in [0.5, 0.6) is 0 Å². The number of nitrogens with one attached hydrogen (secondary N) is 1. The number of halogens is 1. The summed E-state index contributed by atoms with van der Waals surface area (Å²) >= 11 is 3.17. The van der Waals surface area contributed by atoms with Gasteiger partial charge in [0.1, 0.15) is 0 Å². The van der Waals surface area contributed by atoms with Gasteiger partial charge >= 0.3 is 0 Å². The number of non-ortho nitro benzene ring substituents is 1. The molecule has 0 spiro atoms. The molecule has 0 aliphatic heterocycles. The summed E-state index contributed by atoms with van der Waals surface area (Å²) < 4.78 is 0.465. The van der Waals surface area contributed by atoms with Gasteiger partial charge in [-0.2, -0.15) is 0 Å². The van der Waals surface area contributed by atoms with E-state index in [0.29, 0.717) is 10.9 Å². The predicted molar refractivity (Wildman–Crippen MR) is 74.0 cm³/mol. The van der Waals surface area contributed by atoms with E-state index < -0.39 is 16.4 Å². The van der Waals surface area contributed by atoms with Crippen molar-refractivity contribution < 1.29 is 14.8 Å². The average Bonchev–Trinajstić information content (AvgIpc) is 2.36. The molecule has 1 atom stereocenters. The van der Waals surface area contributed by atoms with Gasteiger partial charge in [0.15, 0.2) is 0 Å². The molecule has 19 heavy (non-hydrogen) atoms. The Morgan fingerprint density at radius 2 is 2.21 bits per heavy atom. The van der Waals surface area contributed by atoms with Gasteiger partial charge in [-0.05, 0) is 35.3 Å². The number of hydrogen-bond donors (Lipinski definition) is 2. The third-order valence-electron chi connectivity index (χ3n) is 2.80. The maximum atomic E-state index is 11.9. The standard InChI is InChI=1S/C12H15BrN2O4/c1-3-12(2,17)7-14-11(16)9-6-8(15(18)19)4-5-10(9)13/h4-6,17H,3,7H2,1-2H3,(H,14,16). The molecule has 0 aliphatic carbocycles. The number of carbonyl (C=O) groups excluding carboxylic acids is 1. The summed E-state index contributed by atoms with van der Waals surface area (Å²) in [5.41, 5.74) is -0.986. The van der Waals surface area contributed by atoms with E-state index in [9.17, 15) is 20.0 Å². The minimum Gasteiger partial charge on any atom is -0.388 e. The Morgan fingerprint density at radius 1 is 1.58 bits per heavy atom. The smallest absolute Gasteiger partial charge is 0.270 e. The third kappa shape index (κ3) is 4.29. The first-order valence-electron chi connectivity index (χ1n) is 5.71. The van der Waals surface area contributed by atoms with Crippen LogP contribution in [0.1, 0.15) is 30.6 Å². The lowest BCUT2D eigenvalue weighted by Crippen LogP contribution is -2.40. The third-order valence-corrected chi connectivity index (χ3v) is 3.49. The fourth-order valence-corrected chi connectivity index (χ4v) is 1.72. The highest BCUT2D eigenvalue weighted by molar-refractivity contribution is 9.10. The number of benzene rings is 1. The topological polar surface area (TPSA) is 92.5 Å². The van der Waals surface area contributed by atoms with Crippen molar-refractivity contribution in [1.82, 2.24) is 5.32 Å². The van der Waals surface area contributed by atoms with Gasteiger partial charge in [0.2, 0.25) is 0 Å². The largest absolute Gasteiger partial charge is 0.388 e. The molecular weight excluding hydrogens is 316 g/mol. The van der Waals surface area contributed by atoms with Gasteiger partial charge in [0.05, 0.1) is 16.1 Å². The lowest BCUT2D eigenvalue weighted by molar-refractivity contribution is -0.384. The van der Waals surface area contributed by atoms with E-state index in [2.05, 4.69) is 21.2 Å². The average molecular weight is 331 g/mol. The van der Waals surface area contributed by atoms with Crippen molar-refractivity contribution in [2.24, 2.45) is 0 Å². The van der Waals surface area contributed by atoms with Crippen LogP contribution in [-0.2, 0) is 0 Å². The van der Waals surface area contributed by atoms with Crippen molar-refractivity contribution in [3.05, 3.63) is 38.3 Å². The fraction of sp³-hybridized carbons (Fsp3) is 0.417. The van der Waals surface area contributed by atoms with Crippen LogP contribution in [0.4, 0.5) is 5.69 Å². The van der Waals surface area contributed by atoms with Gasteiger partial charge in [-0.25, -0.2) is 0 Å². The van der Waals surface area contributed by atoms with Crippen LogP contribution >= 0.6 is 15.9 Å². The van der Waals surface area contributed by atoms with Gasteiger partial charge in [-0.3, -0.25) is 14.9 Å². The van der Waals surface area contributed by atoms with Crippen molar-refractivity contribution >= 4 is 27.5 Å². The molecule has 2 N–H and O–H groups in total. The first-order valence-corrected chi connectivity index (χ1v) is 6.50. The number of nitro groups is 1. The summed E-state index contributed by atoms with van der Waals surface area (Å²) in [6.45, 7) is 3.49. The van der Waals surface area contributed by atoms with E-state index in [1.165, 1.54) is 18.2 Å². The number of amides is 1. The molecular formula is C12H15BrN2O4. The second-order valence-electron chi connectivity index (χ2n) is 4.45. The SMILES string of the molecule is CCC(C)(O)CNC(=O)c1cc([N+](=O)[O-])ccc1Br. The molecule has 0 fully saturated rings. The minimum atomic E-state index is -0.997. The highest BCUT2D eigenvalue weighted by Gasteiger charge is 2.21. The molecule has 1 aromatic carbocycles. The van der Waals surface area contributed by atoms with Crippen molar-refractivity contribution in [3.8, 4) is 0 Å². The summed E-state index contributed by atoms with van der Waals surface area (Å²) in [4.78, 5) is 22.0. The fourth-order valence-electron chi connectivity index (χ4n) is 1.29. The summed E-state index contributed by atoms with van der Waals surface area (Å²) in [5.74, 6) is -0.468. The van der Waals surface area contributed by atoms with Gasteiger partial charge < -0.3 is 10.4 Å². The van der Waals surface area contributed by atoms with E-state index in [1.807, 2.05) is 0 Å². The highest BCUT2D eigenvalue weighted by atomic mass is 79.9. The number of nitro benzene ring substituents is 1. The lowest BCUT2D eigenvalue weighted by atomic mass is 10.0. The summed E-state index contributed by atoms with van der Waals surface area (Å²) in [7, 11) is 0. The first-order chi connectivity index (χ1) is 8.76. The van der Waals surface area contributed by atoms with E-state index >= 15 is 0 Å². The predicted octanol–water partition coefficient (Wildman–Crippen LogP) is 2.25. The maximum Gasteiger partial charge on any atom is 0.270 e. The Morgan fingerprint density at radius 3 is 2.74 bits per heavy atom. The maximum absolute atomic E-state index is 11.9. The molecule has 1 amide bonds. The molecule has 1 rings (SSSR count). The molecule has 0 saturated heterocycles. The van der Waals surface area contributed by atoms with Crippen LogP contribution < -0.4 is 5.32 Å². The molecule has 0 radical (unpaired) electrons. The van der Waals surface area contributed by atoms with Crippen LogP contribution in [0.3, 0.4) is 0 Å². The molecule has 0 aliphatic rings. The quantitative estimate of drug-likeness (QED) is 0.639. The first kappa shape index (κ1) is 15.6. The second kappa shape index (κ2) is 6.12. The molecule has 7 heteroatoms. The van der Waals surface area contributed by atoms with E-state index in [1.54, 1.807) is 13.8 Å². The van der Waals surface area contributed by atoms with Crippen molar-refractivity contribution in [1.29, 1.82) is 0 Å². The van der Waals surface area contributed by atoms with Gasteiger partial charge in [0, 0.05) is 23.2 Å². The molecule has 0 aromatic heterocycles. The molecule has 1 unspecified atom stereocenters. The Labute approximate surface area is 119 Å². The summed E-state index contributed by atoms with van der Waals surface area (Å²) in [6.07, 6.45) is 0.489. The Bertz CT molecular complexity index is 503. The number of aliphatic hydroxyl groups is 1. The molecule has 0 heterocycles. The second-order valence-corrected chi connectivity index (χ2v) is 5.31. The zero-order chi connectivity index (χ0) is 14.6. The van der Waals surface area contributed by atoms with E-state index in [-0.39, 0.29) is 17.8 Å². The highest BCUT2D eigenvalue weighted by Crippen LogP contribution is 2.22. The normalized spacial score (nSPS) is 13.7. The zero-order valence-electron chi connectivity index (χ0n) is 10.6. The van der Waals surface area contributed by atoms with Crippen LogP contribution in [0.25, 0.3) is 0 Å². The Balaban J connectivity index is 2.88. The van der Waals surface area contributed by atoms with Crippen LogP contribution in [0.15, 0.2) is 22.7 Å². The monoisotopic (exact) mass is 330 g/mol. The van der Waals surface area contributed by atoms with Crippen molar-refractivity contribution in [2.75, 3.05) is 6.54 Å². The van der Waals surface area contributed by atoms with Crippen molar-refractivity contribution in [3.63, 3.8) is 0 Å². The van der Waals surface area contributed by atoms with E-state index in [0.717, 1.165) is 0 Å². The van der Waals surface area contributed by atoms with Crippen LogP contribution in [-0.4, -0.2) is 28.1 Å². The summed E-state index contributed by atoms with van der Waals surface area (Å²) in [5, 5.41) is 23.0. The molecule has 1 aromatic rings. The Hall–Kier alpha value is -1.47. The molecule has 104 valence electrons. The minimum absolute atomic E-state index is 0.0808. The zero-order valence-corrected chi connectivity index (χ0v) is 12.2. The Kier molecular flexibility index (Phi) is 5.02. The van der Waals surface area contributed by atoms with Gasteiger partial charge in [-0.15, -0.1) is 0 Å². The van der Waals surface area contributed by atoms with E-state index in [4.69, 9.17) is 0 Å². The molecule has 6 nitrogen and oxygen atoms in total. The van der Waals surface area contributed by atoms with Gasteiger partial charge in [0.25, 0.3) is 11.6 Å².